The molecule has 2 rings (SSSR count). The summed E-state index contributed by atoms with van der Waals surface area (Å²) in [5.74, 6) is -1.68. The standard InChI is InChI=1S/C18H20F3N3O4/c1-10-14(16(27)24-17(2,9-28-3)8-13(25)26)23-15(22-10)11-5-4-6-12(7-11)18(19,20)21/h4-7H,8-9H2,1-3H3,(H,22,23)(H,24,27)(H,25,26). The average Bonchev–Trinajstić information content (AvgIpc) is 2.95. The number of rotatable bonds is 7. The lowest BCUT2D eigenvalue weighted by Gasteiger charge is -2.28. The molecule has 1 amide bonds. The van der Waals surface area contributed by atoms with Gasteiger partial charge in [-0.05, 0) is 26.0 Å². The first-order chi connectivity index (χ1) is 12.9. The van der Waals surface area contributed by atoms with E-state index in [0.29, 0.717) is 5.69 Å². The number of aliphatic carboxylic acids is 1. The number of methoxy groups -OCH3 is 1. The number of hydrogen-bond acceptors (Lipinski definition) is 4. The molecule has 1 unspecified atom stereocenters. The number of H-pyrrole nitrogens is 1. The van der Waals surface area contributed by atoms with Crippen LogP contribution in [0.5, 0.6) is 0 Å². The number of nitrogens with one attached hydrogen (secondary N) is 2. The van der Waals surface area contributed by atoms with Gasteiger partial charge >= 0.3 is 12.1 Å². The van der Waals surface area contributed by atoms with Gasteiger partial charge in [0.25, 0.3) is 5.91 Å². The number of ether oxygens (including phenoxy) is 1. The number of aryl methyl sites for hydroxylation is 1. The number of alkyl halides is 3. The summed E-state index contributed by atoms with van der Waals surface area (Å²) in [5.41, 5.74) is -1.55. The third-order valence-electron chi connectivity index (χ3n) is 3.98. The Morgan fingerprint density at radius 1 is 1.32 bits per heavy atom. The number of carbonyl (C=O) groups excluding carboxylic acids is 1. The second kappa shape index (κ2) is 8.01. The van der Waals surface area contributed by atoms with Crippen molar-refractivity contribution in [1.82, 2.24) is 15.3 Å². The molecule has 1 aromatic carbocycles. The predicted octanol–water partition coefficient (Wildman–Crippen LogP) is 3.01. The molecular formula is C18H20F3N3O4. The molecule has 0 saturated heterocycles. The van der Waals surface area contributed by atoms with Gasteiger partial charge in [0, 0.05) is 18.4 Å². The molecular weight excluding hydrogens is 379 g/mol. The molecule has 2 aromatic rings. The van der Waals surface area contributed by atoms with Gasteiger partial charge in [-0.3, -0.25) is 9.59 Å². The van der Waals surface area contributed by atoms with Crippen molar-refractivity contribution in [1.29, 1.82) is 0 Å². The maximum Gasteiger partial charge on any atom is 0.416 e. The van der Waals surface area contributed by atoms with E-state index in [4.69, 9.17) is 9.84 Å². The van der Waals surface area contributed by atoms with E-state index in [0.717, 1.165) is 12.1 Å². The molecule has 1 heterocycles. The number of imidazole rings is 1. The van der Waals surface area contributed by atoms with Crippen molar-refractivity contribution in [2.45, 2.75) is 32.0 Å². The van der Waals surface area contributed by atoms with Gasteiger partial charge in [0.2, 0.25) is 0 Å². The van der Waals surface area contributed by atoms with Crippen molar-refractivity contribution >= 4 is 11.9 Å². The highest BCUT2D eigenvalue weighted by atomic mass is 19.4. The van der Waals surface area contributed by atoms with E-state index >= 15 is 0 Å². The minimum Gasteiger partial charge on any atom is -0.481 e. The molecule has 0 fully saturated rings. The van der Waals surface area contributed by atoms with Crippen molar-refractivity contribution in [3.05, 3.63) is 41.2 Å². The summed E-state index contributed by atoms with van der Waals surface area (Å²) in [6, 6.07) is 4.56. The highest BCUT2D eigenvalue weighted by Crippen LogP contribution is 2.31. The van der Waals surface area contributed by atoms with Crippen LogP contribution in [0.2, 0.25) is 0 Å². The van der Waals surface area contributed by atoms with Crippen molar-refractivity contribution in [3.8, 4) is 11.4 Å². The van der Waals surface area contributed by atoms with Crippen LogP contribution < -0.4 is 5.32 Å². The van der Waals surface area contributed by atoms with E-state index in [2.05, 4.69) is 15.3 Å². The zero-order valence-corrected chi connectivity index (χ0v) is 15.5. The molecule has 1 atom stereocenters. The highest BCUT2D eigenvalue weighted by molar-refractivity contribution is 5.95. The molecule has 1 aromatic heterocycles. The van der Waals surface area contributed by atoms with E-state index in [1.54, 1.807) is 6.92 Å². The Morgan fingerprint density at radius 2 is 2.00 bits per heavy atom. The SMILES string of the molecule is COCC(C)(CC(=O)O)NC(=O)c1nc(-c2cccc(C(F)(F)F)c2)[nH]c1C. The van der Waals surface area contributed by atoms with Crippen LogP contribution in [0.1, 0.15) is 35.1 Å². The Hall–Kier alpha value is -2.88. The Kier molecular flexibility index (Phi) is 6.13. The lowest BCUT2D eigenvalue weighted by molar-refractivity contribution is -0.139. The number of nitrogens with zero attached hydrogens (tertiary/aromatic N) is 1. The van der Waals surface area contributed by atoms with Gasteiger partial charge in [-0.25, -0.2) is 4.98 Å². The molecule has 10 heteroatoms. The summed E-state index contributed by atoms with van der Waals surface area (Å²) < 4.78 is 43.7. The van der Waals surface area contributed by atoms with Gasteiger partial charge in [-0.2, -0.15) is 13.2 Å². The third kappa shape index (κ3) is 5.10. The number of benzene rings is 1. The van der Waals surface area contributed by atoms with Gasteiger partial charge in [-0.1, -0.05) is 12.1 Å². The van der Waals surface area contributed by atoms with E-state index in [1.807, 2.05) is 0 Å². The molecule has 3 N–H and O–H groups in total. The average molecular weight is 399 g/mol. The number of amides is 1. The number of aromatic amines is 1. The number of hydrogen-bond donors (Lipinski definition) is 3. The lowest BCUT2D eigenvalue weighted by atomic mass is 9.98. The Bertz CT molecular complexity index is 879. The van der Waals surface area contributed by atoms with Crippen molar-refractivity contribution in [2.24, 2.45) is 0 Å². The molecule has 0 aliphatic heterocycles. The first kappa shape index (κ1) is 21.4. The third-order valence-corrected chi connectivity index (χ3v) is 3.98. The molecule has 0 aliphatic carbocycles. The van der Waals surface area contributed by atoms with Crippen molar-refractivity contribution in [3.63, 3.8) is 0 Å². The van der Waals surface area contributed by atoms with Crippen LogP contribution in [-0.2, 0) is 15.7 Å². The van der Waals surface area contributed by atoms with Crippen LogP contribution in [0, 0.1) is 6.92 Å². The minimum absolute atomic E-state index is 0.0415. The first-order valence-corrected chi connectivity index (χ1v) is 8.22. The zero-order valence-electron chi connectivity index (χ0n) is 15.5. The van der Waals surface area contributed by atoms with Gasteiger partial charge in [-0.15, -0.1) is 0 Å². The van der Waals surface area contributed by atoms with E-state index in [9.17, 15) is 22.8 Å². The summed E-state index contributed by atoms with van der Waals surface area (Å²) in [5, 5.41) is 11.6. The van der Waals surface area contributed by atoms with Gasteiger partial charge in [0.05, 0.1) is 24.1 Å². The molecule has 0 spiro atoms. The predicted molar refractivity (Wildman–Crippen MR) is 93.8 cm³/mol. The molecule has 0 saturated carbocycles. The first-order valence-electron chi connectivity index (χ1n) is 8.22. The Labute approximate surface area is 158 Å². The smallest absolute Gasteiger partial charge is 0.416 e. The van der Waals surface area contributed by atoms with Gasteiger partial charge in [0.15, 0.2) is 0 Å². The van der Waals surface area contributed by atoms with Crippen LogP contribution in [0.4, 0.5) is 13.2 Å². The van der Waals surface area contributed by atoms with Gasteiger partial charge < -0.3 is 20.1 Å². The van der Waals surface area contributed by atoms with Crippen LogP contribution >= 0.6 is 0 Å². The fourth-order valence-corrected chi connectivity index (χ4v) is 2.78. The van der Waals surface area contributed by atoms with E-state index in [-0.39, 0.29) is 30.1 Å². The maximum absolute atomic E-state index is 12.9. The topological polar surface area (TPSA) is 104 Å². The molecule has 28 heavy (non-hydrogen) atoms. The summed E-state index contributed by atoms with van der Waals surface area (Å²) in [7, 11) is 1.37. The second-order valence-electron chi connectivity index (χ2n) is 6.66. The molecule has 152 valence electrons. The molecule has 0 radical (unpaired) electrons. The number of aromatic nitrogens is 2. The van der Waals surface area contributed by atoms with Crippen LogP contribution in [0.25, 0.3) is 11.4 Å². The molecule has 0 aliphatic rings. The fourth-order valence-electron chi connectivity index (χ4n) is 2.78. The highest BCUT2D eigenvalue weighted by Gasteiger charge is 2.32. The van der Waals surface area contributed by atoms with Crippen molar-refractivity contribution < 1.29 is 32.6 Å². The second-order valence-corrected chi connectivity index (χ2v) is 6.66. The fraction of sp³-hybridized carbons (Fsp3) is 0.389. The quantitative estimate of drug-likeness (QED) is 0.664. The van der Waals surface area contributed by atoms with Gasteiger partial charge in [0.1, 0.15) is 11.5 Å². The monoisotopic (exact) mass is 399 g/mol. The Morgan fingerprint density at radius 3 is 2.57 bits per heavy atom. The van der Waals surface area contributed by atoms with E-state index in [1.165, 1.54) is 26.2 Å². The number of carboxylic acid groups (broad SMARTS) is 1. The Balaban J connectivity index is 2.31. The molecule has 0 bridgehead atoms. The van der Waals surface area contributed by atoms with Crippen LogP contribution in [0.15, 0.2) is 24.3 Å². The number of halogens is 3. The number of carboxylic acids is 1. The van der Waals surface area contributed by atoms with E-state index < -0.39 is 29.2 Å². The van der Waals surface area contributed by atoms with Crippen LogP contribution in [-0.4, -0.2) is 46.2 Å². The summed E-state index contributed by atoms with van der Waals surface area (Å²) in [6.45, 7) is 3.01. The summed E-state index contributed by atoms with van der Waals surface area (Å²) in [6.07, 6.45) is -4.88. The largest absolute Gasteiger partial charge is 0.481 e. The minimum atomic E-state index is -4.50. The van der Waals surface area contributed by atoms with Crippen LogP contribution in [0.3, 0.4) is 0 Å². The zero-order chi connectivity index (χ0) is 21.1. The summed E-state index contributed by atoms with van der Waals surface area (Å²) in [4.78, 5) is 30.5. The number of carbonyl (C=O) groups is 2. The van der Waals surface area contributed by atoms with Crippen molar-refractivity contribution in [2.75, 3.05) is 13.7 Å². The summed E-state index contributed by atoms with van der Waals surface area (Å²) >= 11 is 0. The maximum atomic E-state index is 12.9. The molecule has 7 nitrogen and oxygen atoms in total. The normalized spacial score (nSPS) is 13.8. The lowest BCUT2D eigenvalue weighted by Crippen LogP contribution is -2.51.